The average molecular weight is 576 g/mol. The van der Waals surface area contributed by atoms with Crippen molar-refractivity contribution >= 4 is 5.91 Å². The predicted molar refractivity (Wildman–Crippen MR) is 167 cm³/mol. The van der Waals surface area contributed by atoms with Crippen LogP contribution in [0.5, 0.6) is 0 Å². The Kier molecular flexibility index (Phi) is 13.9. The van der Waals surface area contributed by atoms with Gasteiger partial charge in [-0.3, -0.25) is 4.79 Å². The summed E-state index contributed by atoms with van der Waals surface area (Å²) in [6.45, 7) is 13.1. The molecule has 1 amide bonds. The molecule has 3 saturated carbocycles. The smallest absolute Gasteiger partial charge is 0.245 e. The van der Waals surface area contributed by atoms with Gasteiger partial charge < -0.3 is 25.0 Å². The first-order chi connectivity index (χ1) is 19.5. The Hall–Kier alpha value is -1.21. The minimum atomic E-state index is -0.550. The number of ether oxygens (including phenoxy) is 2. The monoisotopic (exact) mass is 575 g/mol. The minimum absolute atomic E-state index is 0.0494. The second kappa shape index (κ2) is 16.6. The van der Waals surface area contributed by atoms with Crippen LogP contribution >= 0.6 is 0 Å². The summed E-state index contributed by atoms with van der Waals surface area (Å²) in [5.41, 5.74) is 3.08. The largest absolute Gasteiger partial charge is 0.396 e. The van der Waals surface area contributed by atoms with Crippen LogP contribution in [0.3, 0.4) is 0 Å². The van der Waals surface area contributed by atoms with Crippen molar-refractivity contribution in [3.8, 4) is 0 Å². The molecule has 3 N–H and O–H groups in total. The quantitative estimate of drug-likeness (QED) is 0.177. The molecule has 3 fully saturated rings. The Bertz CT molecular complexity index is 861. The van der Waals surface area contributed by atoms with E-state index >= 15 is 0 Å². The molecular formula is C35H61NO5. The molecule has 3 aliphatic rings. The normalized spacial score (nSPS) is 31.4. The molecule has 0 spiro atoms. The average Bonchev–Trinajstić information content (AvgIpc) is 3.28. The van der Waals surface area contributed by atoms with Crippen LogP contribution in [0.25, 0.3) is 0 Å². The van der Waals surface area contributed by atoms with E-state index in [0.29, 0.717) is 37.5 Å². The highest BCUT2D eigenvalue weighted by molar-refractivity contribution is 5.77. The van der Waals surface area contributed by atoms with Crippen molar-refractivity contribution in [3.05, 3.63) is 23.3 Å². The fraction of sp³-hybridized carbons (Fsp3) is 0.857. The number of fused-ring (bicyclic) bond motifs is 1. The van der Waals surface area contributed by atoms with Gasteiger partial charge in [-0.25, -0.2) is 0 Å². The van der Waals surface area contributed by atoms with Crippen molar-refractivity contribution in [2.24, 2.45) is 29.1 Å². The van der Waals surface area contributed by atoms with E-state index < -0.39 is 5.60 Å². The van der Waals surface area contributed by atoms with Crippen molar-refractivity contribution in [2.75, 3.05) is 33.0 Å². The Morgan fingerprint density at radius 2 is 1.90 bits per heavy atom. The molecule has 0 aromatic heterocycles. The van der Waals surface area contributed by atoms with Crippen LogP contribution < -0.4 is 5.32 Å². The van der Waals surface area contributed by atoms with Gasteiger partial charge in [0, 0.05) is 26.4 Å². The molecule has 0 radical (unpaired) electrons. The fourth-order valence-corrected chi connectivity index (χ4v) is 7.98. The summed E-state index contributed by atoms with van der Waals surface area (Å²) in [6.07, 6.45) is 19.7. The molecule has 6 heteroatoms. The Labute approximate surface area is 250 Å². The third-order valence-electron chi connectivity index (χ3n) is 10.4. The van der Waals surface area contributed by atoms with Crippen molar-refractivity contribution in [3.63, 3.8) is 0 Å². The van der Waals surface area contributed by atoms with Crippen LogP contribution in [0, 0.1) is 29.1 Å². The van der Waals surface area contributed by atoms with Crippen LogP contribution in [0.4, 0.5) is 0 Å². The molecule has 0 heterocycles. The first-order valence-corrected chi connectivity index (χ1v) is 16.7. The summed E-state index contributed by atoms with van der Waals surface area (Å²) in [5.74, 6) is 2.73. The van der Waals surface area contributed by atoms with E-state index in [-0.39, 0.29) is 25.2 Å². The van der Waals surface area contributed by atoms with Gasteiger partial charge in [-0.2, -0.15) is 0 Å². The molecule has 3 rings (SSSR count). The number of nitrogens with one attached hydrogen (secondary N) is 1. The maximum atomic E-state index is 11.8. The number of amides is 1. The molecule has 6 nitrogen and oxygen atoms in total. The van der Waals surface area contributed by atoms with Gasteiger partial charge in [0.2, 0.25) is 5.91 Å². The number of aliphatic hydroxyl groups is 2. The molecule has 236 valence electrons. The summed E-state index contributed by atoms with van der Waals surface area (Å²) in [6, 6.07) is 0. The van der Waals surface area contributed by atoms with Gasteiger partial charge in [0.15, 0.2) is 0 Å². The van der Waals surface area contributed by atoms with Crippen molar-refractivity contribution in [1.29, 1.82) is 0 Å². The van der Waals surface area contributed by atoms with E-state index in [2.05, 4.69) is 38.2 Å². The minimum Gasteiger partial charge on any atom is -0.396 e. The second-order valence-electron chi connectivity index (χ2n) is 14.3. The molecule has 6 atom stereocenters. The molecule has 0 aromatic rings. The van der Waals surface area contributed by atoms with Gasteiger partial charge in [-0.05, 0) is 114 Å². The Morgan fingerprint density at radius 3 is 2.66 bits per heavy atom. The number of allylic oxidation sites excluding steroid dienone is 3. The number of rotatable bonds is 16. The van der Waals surface area contributed by atoms with Crippen LogP contribution in [-0.4, -0.2) is 60.8 Å². The summed E-state index contributed by atoms with van der Waals surface area (Å²) in [4.78, 5) is 11.8. The zero-order valence-electron chi connectivity index (χ0n) is 26.9. The zero-order chi connectivity index (χ0) is 29.9. The molecule has 0 saturated heterocycles. The third-order valence-corrected chi connectivity index (χ3v) is 10.4. The van der Waals surface area contributed by atoms with Gasteiger partial charge in [0.25, 0.3) is 0 Å². The van der Waals surface area contributed by atoms with Crippen molar-refractivity contribution in [1.82, 2.24) is 5.32 Å². The fourth-order valence-electron chi connectivity index (χ4n) is 7.98. The lowest BCUT2D eigenvalue weighted by Gasteiger charge is -2.44. The molecule has 0 aliphatic heterocycles. The topological polar surface area (TPSA) is 88.0 Å². The van der Waals surface area contributed by atoms with E-state index in [4.69, 9.17) is 14.6 Å². The van der Waals surface area contributed by atoms with Crippen LogP contribution in [0.1, 0.15) is 118 Å². The van der Waals surface area contributed by atoms with E-state index in [0.717, 1.165) is 49.9 Å². The molecule has 0 bridgehead atoms. The van der Waals surface area contributed by atoms with Crippen LogP contribution in [0.15, 0.2) is 23.3 Å². The number of aliphatic hydroxyl groups excluding tert-OH is 1. The van der Waals surface area contributed by atoms with Crippen molar-refractivity contribution < 1.29 is 24.5 Å². The summed E-state index contributed by atoms with van der Waals surface area (Å²) < 4.78 is 11.5. The maximum Gasteiger partial charge on any atom is 0.245 e. The standard InChI is InChI=1S/C35H61NO5/c1-26-12-15-30(41-23-8-20-36-33(38)25-40-22-9-21-37)24-29(26)14-13-28-11-7-19-35(5)31(16-17-32(28)35)27(2)10-6-18-34(3,4)39/h13-14,26-27,30-32,37,39H,6-12,15-25H2,1-5H3,(H,36,38)/b28-13+,29-14-/t26?,27-,30+,31-,32+,35-/m1/s1. The van der Waals surface area contributed by atoms with Crippen molar-refractivity contribution in [2.45, 2.75) is 130 Å². The lowest BCUT2D eigenvalue weighted by molar-refractivity contribution is -0.125. The van der Waals surface area contributed by atoms with Crippen LogP contribution in [0.2, 0.25) is 0 Å². The first kappa shape index (κ1) is 34.3. The van der Waals surface area contributed by atoms with E-state index in [1.165, 1.54) is 50.5 Å². The molecule has 41 heavy (non-hydrogen) atoms. The molecule has 0 aromatic carbocycles. The van der Waals surface area contributed by atoms with E-state index in [1.54, 1.807) is 5.57 Å². The number of hydrogen-bond donors (Lipinski definition) is 3. The van der Waals surface area contributed by atoms with Gasteiger partial charge >= 0.3 is 0 Å². The zero-order valence-corrected chi connectivity index (χ0v) is 26.9. The number of hydrogen-bond acceptors (Lipinski definition) is 5. The van der Waals surface area contributed by atoms with Gasteiger partial charge in [-0.15, -0.1) is 0 Å². The summed E-state index contributed by atoms with van der Waals surface area (Å²) in [5, 5.41) is 21.8. The van der Waals surface area contributed by atoms with Gasteiger partial charge in [0.1, 0.15) is 6.61 Å². The highest BCUT2D eigenvalue weighted by Gasteiger charge is 2.50. The molecular weight excluding hydrogens is 514 g/mol. The lowest BCUT2D eigenvalue weighted by atomic mass is 9.60. The SMILES string of the molecule is CC1CC[C@H](OCCCNC(=O)COCCCO)C/C1=C/C=C1\CCC[C@]2(C)[C@@H]([C@H](C)CCCC(C)(C)O)CC[C@@H]12. The number of carbonyl (C=O) groups excluding carboxylic acids is 1. The second-order valence-corrected chi connectivity index (χ2v) is 14.3. The van der Waals surface area contributed by atoms with E-state index in [9.17, 15) is 9.90 Å². The highest BCUT2D eigenvalue weighted by Crippen LogP contribution is 2.60. The number of carbonyl (C=O) groups is 1. The summed E-state index contributed by atoms with van der Waals surface area (Å²) >= 11 is 0. The van der Waals surface area contributed by atoms with Gasteiger partial charge in [-0.1, -0.05) is 56.9 Å². The van der Waals surface area contributed by atoms with Crippen LogP contribution in [-0.2, 0) is 14.3 Å². The predicted octanol–water partition coefficient (Wildman–Crippen LogP) is 6.74. The Balaban J connectivity index is 1.47. The third kappa shape index (κ3) is 10.8. The molecule has 3 aliphatic carbocycles. The van der Waals surface area contributed by atoms with Gasteiger partial charge in [0.05, 0.1) is 11.7 Å². The lowest BCUT2D eigenvalue weighted by Crippen LogP contribution is -2.36. The highest BCUT2D eigenvalue weighted by atomic mass is 16.5. The molecule has 1 unspecified atom stereocenters. The first-order valence-electron chi connectivity index (χ1n) is 16.7. The Morgan fingerprint density at radius 1 is 1.12 bits per heavy atom. The maximum absolute atomic E-state index is 11.8. The van der Waals surface area contributed by atoms with E-state index in [1.807, 2.05) is 13.8 Å². The summed E-state index contributed by atoms with van der Waals surface area (Å²) in [7, 11) is 0.